The predicted octanol–water partition coefficient (Wildman–Crippen LogP) is 5.99. The van der Waals surface area contributed by atoms with Gasteiger partial charge >= 0.3 is 0 Å². The molecule has 0 aliphatic carbocycles. The zero-order chi connectivity index (χ0) is 18.7. The highest BCUT2D eigenvalue weighted by Crippen LogP contribution is 2.33. The summed E-state index contributed by atoms with van der Waals surface area (Å²) in [5.41, 5.74) is 2.39. The van der Waals surface area contributed by atoms with Crippen molar-refractivity contribution in [2.24, 2.45) is 0 Å². The van der Waals surface area contributed by atoms with Crippen molar-refractivity contribution < 1.29 is 9.34 Å². The summed E-state index contributed by atoms with van der Waals surface area (Å²) in [7, 11) is 0. The van der Waals surface area contributed by atoms with Crippen LogP contribution in [0.2, 0.25) is 0 Å². The van der Waals surface area contributed by atoms with Gasteiger partial charge in [-0.25, -0.2) is 0 Å². The topological polar surface area (TPSA) is 80.1 Å². The number of nitriles is 1. The van der Waals surface area contributed by atoms with Crippen molar-refractivity contribution in [3.8, 4) is 17.4 Å². The molecule has 26 heavy (non-hydrogen) atoms. The van der Waals surface area contributed by atoms with E-state index in [1.807, 2.05) is 24.3 Å². The second-order valence-electron chi connectivity index (χ2n) is 5.66. The largest absolute Gasteiger partial charge is 0.456 e. The van der Waals surface area contributed by atoms with E-state index in [0.29, 0.717) is 22.7 Å². The molecule has 3 rings (SSSR count). The number of rotatable bonds is 4. The first-order chi connectivity index (χ1) is 12.5. The highest BCUT2D eigenvalue weighted by atomic mass is 79.9. The number of aryl methyl sites for hydroxylation is 1. The Balaban J connectivity index is 1.99. The fourth-order valence-electron chi connectivity index (χ4n) is 2.53. The van der Waals surface area contributed by atoms with Gasteiger partial charge in [0.1, 0.15) is 11.5 Å². The molecule has 0 radical (unpaired) electrons. The van der Waals surface area contributed by atoms with Gasteiger partial charge in [-0.2, -0.15) is 5.26 Å². The number of allylic oxidation sites excluding steroid dienone is 1. The quantitative estimate of drug-likeness (QED) is 0.301. The molecule has 0 amide bonds. The molecule has 0 bridgehead atoms. The SMILES string of the molecule is Cc1ccc(-c2ccc(/C=C(/C#N)c3ccc(Br)cc3)o2)c([N+](=O)[O-])c1. The molecule has 6 heteroatoms. The lowest BCUT2D eigenvalue weighted by molar-refractivity contribution is -0.384. The van der Waals surface area contributed by atoms with Crippen LogP contribution in [-0.2, 0) is 0 Å². The Labute approximate surface area is 158 Å². The Bertz CT molecular complexity index is 1040. The van der Waals surface area contributed by atoms with E-state index >= 15 is 0 Å². The van der Waals surface area contributed by atoms with E-state index in [1.54, 1.807) is 37.3 Å². The molecule has 0 fully saturated rings. The van der Waals surface area contributed by atoms with Crippen LogP contribution in [0.3, 0.4) is 0 Å². The van der Waals surface area contributed by atoms with Gasteiger partial charge in [0, 0.05) is 10.5 Å². The number of hydrogen-bond acceptors (Lipinski definition) is 4. The Morgan fingerprint density at radius 2 is 1.92 bits per heavy atom. The summed E-state index contributed by atoms with van der Waals surface area (Å²) in [5.74, 6) is 0.838. The van der Waals surface area contributed by atoms with Crippen LogP contribution in [0.5, 0.6) is 0 Å². The second-order valence-corrected chi connectivity index (χ2v) is 6.57. The van der Waals surface area contributed by atoms with Crippen LogP contribution in [0, 0.1) is 28.4 Å². The standard InChI is InChI=1S/C20H13BrN2O3/c1-13-2-8-18(19(10-13)23(24)25)20-9-7-17(26-20)11-15(12-22)14-3-5-16(21)6-4-14/h2-11H,1H3/b15-11-. The lowest BCUT2D eigenvalue weighted by Gasteiger charge is -2.01. The first-order valence-electron chi connectivity index (χ1n) is 7.71. The number of furan rings is 1. The molecule has 3 aromatic rings. The molecule has 2 aromatic carbocycles. The number of halogens is 1. The van der Waals surface area contributed by atoms with Crippen molar-refractivity contribution in [1.29, 1.82) is 5.26 Å². The first-order valence-corrected chi connectivity index (χ1v) is 8.50. The average Bonchev–Trinajstić information content (AvgIpc) is 3.09. The Kier molecular flexibility index (Phi) is 5.01. The molecular weight excluding hydrogens is 396 g/mol. The Morgan fingerprint density at radius 3 is 2.58 bits per heavy atom. The van der Waals surface area contributed by atoms with Crippen molar-refractivity contribution in [2.45, 2.75) is 6.92 Å². The van der Waals surface area contributed by atoms with Crippen molar-refractivity contribution >= 4 is 33.3 Å². The molecule has 128 valence electrons. The number of benzene rings is 2. The van der Waals surface area contributed by atoms with Crippen molar-refractivity contribution in [3.05, 3.63) is 86.1 Å². The summed E-state index contributed by atoms with van der Waals surface area (Å²) >= 11 is 3.36. The molecule has 5 nitrogen and oxygen atoms in total. The maximum atomic E-state index is 11.3. The summed E-state index contributed by atoms with van der Waals surface area (Å²) in [6.45, 7) is 1.80. The fourth-order valence-corrected chi connectivity index (χ4v) is 2.79. The summed E-state index contributed by atoms with van der Waals surface area (Å²) in [6, 6.07) is 17.8. The van der Waals surface area contributed by atoms with E-state index in [2.05, 4.69) is 22.0 Å². The molecule has 0 saturated carbocycles. The molecule has 0 atom stereocenters. The molecule has 1 heterocycles. The van der Waals surface area contributed by atoms with Gasteiger partial charge < -0.3 is 4.42 Å². The maximum Gasteiger partial charge on any atom is 0.280 e. The Hall–Kier alpha value is -3.17. The number of nitro groups is 1. The van der Waals surface area contributed by atoms with Crippen LogP contribution in [-0.4, -0.2) is 4.92 Å². The third-order valence-electron chi connectivity index (χ3n) is 3.80. The summed E-state index contributed by atoms with van der Waals surface area (Å²) in [6.07, 6.45) is 1.62. The van der Waals surface area contributed by atoms with Gasteiger partial charge in [0.25, 0.3) is 5.69 Å². The van der Waals surface area contributed by atoms with E-state index in [1.165, 1.54) is 6.07 Å². The minimum absolute atomic E-state index is 0.0108. The Morgan fingerprint density at radius 1 is 1.19 bits per heavy atom. The van der Waals surface area contributed by atoms with Crippen molar-refractivity contribution in [3.63, 3.8) is 0 Å². The molecule has 1 aromatic heterocycles. The monoisotopic (exact) mass is 408 g/mol. The molecular formula is C20H13BrN2O3. The normalized spacial score (nSPS) is 11.2. The van der Waals surface area contributed by atoms with Crippen LogP contribution in [0.15, 0.2) is 63.5 Å². The van der Waals surface area contributed by atoms with Crippen molar-refractivity contribution in [1.82, 2.24) is 0 Å². The number of hydrogen-bond donors (Lipinski definition) is 0. The molecule has 0 aliphatic rings. The van der Waals surface area contributed by atoms with Crippen LogP contribution in [0.1, 0.15) is 16.9 Å². The minimum Gasteiger partial charge on any atom is -0.456 e. The van der Waals surface area contributed by atoms with E-state index in [9.17, 15) is 15.4 Å². The lowest BCUT2D eigenvalue weighted by Crippen LogP contribution is -1.92. The van der Waals surface area contributed by atoms with Crippen LogP contribution < -0.4 is 0 Å². The van der Waals surface area contributed by atoms with Gasteiger partial charge in [-0.15, -0.1) is 0 Å². The van der Waals surface area contributed by atoms with Gasteiger partial charge in [0.05, 0.1) is 22.1 Å². The van der Waals surface area contributed by atoms with Crippen LogP contribution in [0.4, 0.5) is 5.69 Å². The first kappa shape index (κ1) is 17.6. The van der Waals surface area contributed by atoms with Gasteiger partial charge in [0.2, 0.25) is 0 Å². The lowest BCUT2D eigenvalue weighted by atomic mass is 10.1. The van der Waals surface area contributed by atoms with Gasteiger partial charge in [-0.3, -0.25) is 10.1 Å². The van der Waals surface area contributed by atoms with Gasteiger partial charge in [-0.05, 0) is 54.5 Å². The number of nitro benzene ring substituents is 1. The average molecular weight is 409 g/mol. The summed E-state index contributed by atoms with van der Waals surface area (Å²) < 4.78 is 6.66. The van der Waals surface area contributed by atoms with Crippen LogP contribution >= 0.6 is 15.9 Å². The second kappa shape index (κ2) is 7.38. The summed E-state index contributed by atoms with van der Waals surface area (Å²) in [5, 5.41) is 20.7. The third-order valence-corrected chi connectivity index (χ3v) is 4.33. The minimum atomic E-state index is -0.428. The van der Waals surface area contributed by atoms with E-state index < -0.39 is 4.92 Å². The van der Waals surface area contributed by atoms with Gasteiger partial charge in [-0.1, -0.05) is 34.1 Å². The highest BCUT2D eigenvalue weighted by molar-refractivity contribution is 9.10. The zero-order valence-electron chi connectivity index (χ0n) is 13.8. The molecule has 0 spiro atoms. The van der Waals surface area contributed by atoms with E-state index in [-0.39, 0.29) is 5.69 Å². The fraction of sp³-hybridized carbons (Fsp3) is 0.0500. The molecule has 0 saturated heterocycles. The van der Waals surface area contributed by atoms with Gasteiger partial charge in [0.15, 0.2) is 0 Å². The van der Waals surface area contributed by atoms with E-state index in [0.717, 1.165) is 15.6 Å². The maximum absolute atomic E-state index is 11.3. The van der Waals surface area contributed by atoms with Crippen molar-refractivity contribution in [2.75, 3.05) is 0 Å². The van der Waals surface area contributed by atoms with E-state index in [4.69, 9.17) is 4.42 Å². The zero-order valence-corrected chi connectivity index (χ0v) is 15.4. The molecule has 0 unspecified atom stereocenters. The third kappa shape index (κ3) is 3.73. The highest BCUT2D eigenvalue weighted by Gasteiger charge is 2.18. The summed E-state index contributed by atoms with van der Waals surface area (Å²) in [4.78, 5) is 10.9. The molecule has 0 aliphatic heterocycles. The van der Waals surface area contributed by atoms with Crippen LogP contribution in [0.25, 0.3) is 23.0 Å². The predicted molar refractivity (Wildman–Crippen MR) is 103 cm³/mol. The smallest absolute Gasteiger partial charge is 0.280 e. The number of nitrogens with zero attached hydrogens (tertiary/aromatic N) is 2. The molecule has 0 N–H and O–H groups in total.